The number of amides is 1. The Bertz CT molecular complexity index is 2280. The van der Waals surface area contributed by atoms with E-state index in [0.29, 0.717) is 43.1 Å². The molecule has 16 N–H and O–H groups in total. The van der Waals surface area contributed by atoms with Gasteiger partial charge in [-0.15, -0.1) is 5.10 Å². The van der Waals surface area contributed by atoms with Gasteiger partial charge in [0, 0.05) is 13.0 Å². The summed E-state index contributed by atoms with van der Waals surface area (Å²) in [4.78, 5) is 12.9. The van der Waals surface area contributed by atoms with Gasteiger partial charge in [-0.25, -0.2) is 4.68 Å². The van der Waals surface area contributed by atoms with Gasteiger partial charge in [0.1, 0.15) is 147 Å². The fourth-order valence-corrected chi connectivity index (χ4v) is 12.5. The summed E-state index contributed by atoms with van der Waals surface area (Å²) in [6, 6.07) is 0. The van der Waals surface area contributed by atoms with Gasteiger partial charge in [0.15, 0.2) is 37.7 Å². The molecule has 22 fully saturated rings. The Hall–Kier alpha value is -2.51. The molecule has 30 atom stereocenters. The number of aliphatic hydroxyl groups excluding tert-OH is 15. The van der Waals surface area contributed by atoms with Crippen LogP contribution in [0.3, 0.4) is 0 Å². The first kappa shape index (κ1) is 68.8. The van der Waals surface area contributed by atoms with E-state index in [4.69, 9.17) is 61.6 Å². The van der Waals surface area contributed by atoms with Crippen LogP contribution >= 0.6 is 0 Å². The lowest BCUT2D eigenvalue weighted by Crippen LogP contribution is -2.68. The van der Waals surface area contributed by atoms with E-state index in [9.17, 15) is 81.4 Å². The van der Waals surface area contributed by atoms with E-state index in [2.05, 4.69) is 29.5 Å². The van der Waals surface area contributed by atoms with E-state index in [-0.39, 0.29) is 25.5 Å². The molecule has 33 heteroatoms. The second kappa shape index (κ2) is 30.9. The lowest BCUT2D eigenvalue weighted by molar-refractivity contribution is -0.399. The Kier molecular flexibility index (Phi) is 24.5. The normalized spacial score (nSPS) is 45.9. The highest BCUT2D eigenvalue weighted by Gasteiger charge is 2.58. The summed E-state index contributed by atoms with van der Waals surface area (Å²) in [6.07, 6.45) is -47.5. The number of unbranched alkanes of at least 4 members (excludes halogenated alkanes) is 1. The number of aromatic nitrogens is 3. The predicted octanol–water partition coefficient (Wildman–Crippen LogP) is -7.19. The smallest absolute Gasteiger partial charge is 0.246 e. The van der Waals surface area contributed by atoms with Crippen LogP contribution in [0.4, 0.5) is 0 Å². The van der Waals surface area contributed by atoms with Crippen molar-refractivity contribution in [3.8, 4) is 0 Å². The number of carbonyl (C=O) groups excluding carboxylic acids is 1. The van der Waals surface area contributed by atoms with Crippen LogP contribution in [0.25, 0.3) is 0 Å². The Morgan fingerprint density at radius 3 is 1.46 bits per heavy atom. The van der Waals surface area contributed by atoms with Gasteiger partial charge < -0.3 is 143 Å². The molecule has 0 spiro atoms. The van der Waals surface area contributed by atoms with Gasteiger partial charge in [0.05, 0.1) is 50.9 Å². The molecule has 87 heavy (non-hydrogen) atoms. The summed E-state index contributed by atoms with van der Waals surface area (Å²) in [5, 5.41) is 182. The van der Waals surface area contributed by atoms with Crippen LogP contribution in [0.1, 0.15) is 96.1 Å². The molecule has 30 unspecified atom stereocenters. The number of ether oxygens (including phenoxy) is 13. The molecule has 0 radical (unpaired) electrons. The largest absolute Gasteiger partial charge is 0.394 e. The number of hydrogen-bond acceptors (Lipinski definition) is 31. The van der Waals surface area contributed by atoms with Crippen molar-refractivity contribution in [2.24, 2.45) is 5.92 Å². The number of fused-ring (bicyclic) bond motifs is 1. The molecule has 23 heterocycles. The van der Waals surface area contributed by atoms with Crippen LogP contribution in [0.15, 0.2) is 0 Å². The SMILES string of the molecule is CCC1OC2OC3C(CO)OC(OC4C(CO)OC(OC5C(Cn6nnc7c6CCCCCC7OCC(=O)NCCCCC(C)C)OC(OC6C(O)CC(OC6CO)OC6C(CO)OC(OC1C(O)C2O)C(O)C6O)C(O)C5O)C(O)C4O)C(O)C3O. The maximum atomic E-state index is 12.9. The maximum Gasteiger partial charge on any atom is 0.246 e. The lowest BCUT2D eigenvalue weighted by atomic mass is 9.94. The van der Waals surface area contributed by atoms with E-state index < -0.39 is 217 Å². The van der Waals surface area contributed by atoms with Gasteiger partial charge in [-0.05, 0) is 38.0 Å². The summed E-state index contributed by atoms with van der Waals surface area (Å²) < 4.78 is 79.9. The number of nitrogens with one attached hydrogen (secondary N) is 1. The Morgan fingerprint density at radius 2 is 0.977 bits per heavy atom. The van der Waals surface area contributed by atoms with Gasteiger partial charge in [0.2, 0.25) is 5.91 Å². The van der Waals surface area contributed by atoms with Crippen LogP contribution < -0.4 is 5.32 Å². The first-order chi connectivity index (χ1) is 41.7. The third kappa shape index (κ3) is 15.4. The van der Waals surface area contributed by atoms with Crippen molar-refractivity contribution in [1.29, 1.82) is 0 Å². The highest BCUT2D eigenvalue weighted by atomic mass is 16.8. The van der Waals surface area contributed by atoms with E-state index in [0.717, 1.165) is 32.1 Å². The molecule has 0 aromatic carbocycles. The van der Waals surface area contributed by atoms with Crippen LogP contribution in [0.5, 0.6) is 0 Å². The molecule has 1 aromatic heterocycles. The molecule has 1 aromatic rings. The van der Waals surface area contributed by atoms with Crippen molar-refractivity contribution < 1.29 is 143 Å². The van der Waals surface area contributed by atoms with Crippen molar-refractivity contribution >= 4 is 5.91 Å². The minimum absolute atomic E-state index is 0.0200. The minimum atomic E-state index is -2.14. The average Bonchev–Trinajstić information content (AvgIpc) is 1.73. The third-order valence-electron chi connectivity index (χ3n) is 17.4. The Balaban J connectivity index is 1.01. The molecule has 23 aliphatic rings. The fraction of sp³-hybridized carbons (Fsp3) is 0.944. The van der Waals surface area contributed by atoms with Gasteiger partial charge in [-0.1, -0.05) is 51.7 Å². The van der Waals surface area contributed by atoms with Gasteiger partial charge in [-0.3, -0.25) is 4.79 Å². The average molecular weight is 1260 g/mol. The van der Waals surface area contributed by atoms with Crippen LogP contribution in [0.2, 0.25) is 0 Å². The molecular weight excluding hydrogens is 1170 g/mol. The molecular formula is C54H90N4O29. The molecule has 33 nitrogen and oxygen atoms in total. The van der Waals surface area contributed by atoms with E-state index in [1.54, 1.807) is 6.92 Å². The standard InChI is InChI=1S/C54H90N4O29/c1-4-24-45-34(65)39(70)50(77-24)86-48-29(18-61)81-54(43(74)38(48)69)87-49-30(19-62)80-53(42(73)37(49)68)85-46-26(15-58-22-11-6-5-7-12-25(33(22)56-57-58)75-20-31(64)55-13-9-8-10-21(2)3)78-51(40(71)35(46)66)83-44-23(63)14-32(76-27(44)16-59)82-47-28(17-60)79-52(84-45)41(72)36(47)67/h21,23-30,32,34-54,59-63,65-74H,4-20H2,1-3H3,(H,55,64). The monoisotopic (exact) mass is 1260 g/mol. The molecule has 1 amide bonds. The number of carbonyl (C=O) groups is 1. The van der Waals surface area contributed by atoms with Crippen molar-refractivity contribution in [2.45, 2.75) is 276 Å². The second-order valence-corrected chi connectivity index (χ2v) is 24.0. The molecule has 1 aliphatic carbocycles. The summed E-state index contributed by atoms with van der Waals surface area (Å²) in [7, 11) is 0. The number of aliphatic hydroxyl groups is 15. The molecule has 500 valence electrons. The highest BCUT2D eigenvalue weighted by Crippen LogP contribution is 2.39. The fourth-order valence-electron chi connectivity index (χ4n) is 12.5. The number of rotatable bonds is 15. The summed E-state index contributed by atoms with van der Waals surface area (Å²) in [6.45, 7) is 2.03. The van der Waals surface area contributed by atoms with Gasteiger partial charge >= 0.3 is 0 Å². The zero-order valence-corrected chi connectivity index (χ0v) is 48.7. The van der Waals surface area contributed by atoms with Crippen LogP contribution in [-0.4, -0.2) is 315 Å². The minimum Gasteiger partial charge on any atom is -0.394 e. The molecule has 24 rings (SSSR count). The van der Waals surface area contributed by atoms with E-state index >= 15 is 0 Å². The van der Waals surface area contributed by atoms with Gasteiger partial charge in [-0.2, -0.15) is 0 Å². The van der Waals surface area contributed by atoms with Gasteiger partial charge in [0.25, 0.3) is 0 Å². The molecule has 22 saturated heterocycles. The second-order valence-electron chi connectivity index (χ2n) is 24.0. The van der Waals surface area contributed by atoms with E-state index in [1.807, 2.05) is 0 Å². The third-order valence-corrected chi connectivity index (χ3v) is 17.4. The first-order valence-electron chi connectivity index (χ1n) is 30.3. The van der Waals surface area contributed by atoms with Crippen molar-refractivity contribution in [1.82, 2.24) is 20.3 Å². The van der Waals surface area contributed by atoms with Crippen LogP contribution in [0, 0.1) is 5.92 Å². The molecule has 22 aliphatic heterocycles. The zero-order valence-electron chi connectivity index (χ0n) is 48.7. The predicted molar refractivity (Wildman–Crippen MR) is 283 cm³/mol. The van der Waals surface area contributed by atoms with Crippen molar-refractivity contribution in [3.63, 3.8) is 0 Å². The highest BCUT2D eigenvalue weighted by molar-refractivity contribution is 5.77. The quantitative estimate of drug-likeness (QED) is 0.0726. The Morgan fingerprint density at radius 1 is 0.540 bits per heavy atom. The van der Waals surface area contributed by atoms with Crippen molar-refractivity contribution in [2.75, 3.05) is 39.6 Å². The zero-order chi connectivity index (χ0) is 62.5. The van der Waals surface area contributed by atoms with E-state index in [1.165, 1.54) is 4.68 Å². The van der Waals surface area contributed by atoms with Crippen molar-refractivity contribution in [3.05, 3.63) is 11.4 Å². The van der Waals surface area contributed by atoms with Crippen LogP contribution in [-0.2, 0) is 79.3 Å². The summed E-state index contributed by atoms with van der Waals surface area (Å²) >= 11 is 0. The Labute approximate surface area is 500 Å². The number of nitrogens with zero attached hydrogens (tertiary/aromatic N) is 3. The maximum absolute atomic E-state index is 12.9. The first-order valence-corrected chi connectivity index (χ1v) is 30.3. The molecule has 0 saturated carbocycles. The molecule has 12 bridgehead atoms. The topological polar surface area (TPSA) is 483 Å². The lowest BCUT2D eigenvalue weighted by Gasteiger charge is -2.50. The number of hydrogen-bond donors (Lipinski definition) is 16. The summed E-state index contributed by atoms with van der Waals surface area (Å²) in [5.41, 5.74) is 0.974. The summed E-state index contributed by atoms with van der Waals surface area (Å²) in [5.74, 6) is 0.230.